The fourth-order valence-electron chi connectivity index (χ4n) is 5.90. The van der Waals surface area contributed by atoms with Gasteiger partial charge in [0.2, 0.25) is 0 Å². The Morgan fingerprint density at radius 1 is 1.12 bits per heavy atom. The standard InChI is InChI=1S/C33H38F2N2O5/c1-20-15-27(40-5)25(24-11-13-37(28(20)24)31(39)42-32(2,3)4)19-36-14-12-33(16-23(17-33)29(34)35)18-26(36)21-7-9-22(10-8-21)30(38)41-6/h7-11,13,15,26H,12,14,16-19H2,1-6H3/t26-/m0/s1/i16D2,17D2. The monoisotopic (exact) mass is 584 g/mol. The summed E-state index contributed by atoms with van der Waals surface area (Å²) in [7, 11) is 2.81. The summed E-state index contributed by atoms with van der Waals surface area (Å²) >= 11 is 0. The van der Waals surface area contributed by atoms with E-state index in [4.69, 9.17) is 19.7 Å². The molecule has 9 heteroatoms. The van der Waals surface area contributed by atoms with Gasteiger partial charge in [-0.25, -0.2) is 9.59 Å². The molecule has 1 saturated carbocycles. The number of piperidine rings is 1. The number of esters is 1. The molecule has 0 bridgehead atoms. The Morgan fingerprint density at radius 2 is 1.81 bits per heavy atom. The predicted octanol–water partition coefficient (Wildman–Crippen LogP) is 7.80. The van der Waals surface area contributed by atoms with Crippen molar-refractivity contribution in [3.8, 4) is 5.75 Å². The van der Waals surface area contributed by atoms with Gasteiger partial charge in [-0.3, -0.25) is 9.47 Å². The number of likely N-dealkylation sites (tertiary alicyclic amines) is 1. The first-order chi connectivity index (χ1) is 21.4. The molecule has 1 atom stereocenters. The summed E-state index contributed by atoms with van der Waals surface area (Å²) in [6.45, 7) is 7.64. The number of ether oxygens (including phenoxy) is 3. The van der Waals surface area contributed by atoms with E-state index in [0.29, 0.717) is 22.4 Å². The van der Waals surface area contributed by atoms with Crippen molar-refractivity contribution in [3.63, 3.8) is 0 Å². The van der Waals surface area contributed by atoms with Crippen molar-refractivity contribution in [2.24, 2.45) is 5.41 Å². The molecule has 2 heterocycles. The lowest BCUT2D eigenvalue weighted by molar-refractivity contribution is 0.0140. The molecule has 2 aliphatic rings. The first-order valence-corrected chi connectivity index (χ1v) is 13.8. The Hall–Kier alpha value is -3.72. The summed E-state index contributed by atoms with van der Waals surface area (Å²) in [5.74, 6) is 0.0238. The number of carbonyl (C=O) groups is 2. The van der Waals surface area contributed by atoms with E-state index < -0.39 is 53.5 Å². The van der Waals surface area contributed by atoms with Gasteiger partial charge in [0.25, 0.3) is 6.08 Å². The molecule has 224 valence electrons. The molecule has 0 N–H and O–H groups in total. The predicted molar refractivity (Wildman–Crippen MR) is 156 cm³/mol. The van der Waals surface area contributed by atoms with Crippen LogP contribution >= 0.6 is 0 Å². The third-order valence-corrected chi connectivity index (χ3v) is 7.84. The molecule has 7 nitrogen and oxygen atoms in total. The number of benzene rings is 2. The quantitative estimate of drug-likeness (QED) is 0.285. The van der Waals surface area contributed by atoms with E-state index in [1.165, 1.54) is 11.7 Å². The van der Waals surface area contributed by atoms with Gasteiger partial charge in [-0.2, -0.15) is 8.78 Å². The number of aromatic nitrogens is 1. The molecule has 1 aliphatic carbocycles. The molecule has 2 aromatic carbocycles. The van der Waals surface area contributed by atoms with Crippen molar-refractivity contribution >= 4 is 23.0 Å². The zero-order valence-electron chi connectivity index (χ0n) is 28.6. The van der Waals surface area contributed by atoms with Gasteiger partial charge in [-0.15, -0.1) is 0 Å². The molecule has 3 aromatic rings. The van der Waals surface area contributed by atoms with Crippen molar-refractivity contribution in [2.45, 2.75) is 71.5 Å². The second-order valence-electron chi connectivity index (χ2n) is 11.8. The zero-order valence-corrected chi connectivity index (χ0v) is 24.6. The lowest BCUT2D eigenvalue weighted by atomic mass is 9.58. The molecule has 2 fully saturated rings. The normalized spacial score (nSPS) is 22.4. The Balaban J connectivity index is 1.60. The molecule has 1 spiro atoms. The Labute approximate surface area is 250 Å². The maximum Gasteiger partial charge on any atom is 0.419 e. The number of hydrogen-bond donors (Lipinski definition) is 0. The maximum atomic E-state index is 13.9. The van der Waals surface area contributed by atoms with Crippen LogP contribution < -0.4 is 4.74 Å². The highest BCUT2D eigenvalue weighted by Crippen LogP contribution is 2.57. The number of methoxy groups -OCH3 is 2. The first kappa shape index (κ1) is 24.8. The highest BCUT2D eigenvalue weighted by Gasteiger charge is 2.48. The van der Waals surface area contributed by atoms with Crippen LogP contribution in [0, 0.1) is 12.3 Å². The molecule has 42 heavy (non-hydrogen) atoms. The average molecular weight is 585 g/mol. The van der Waals surface area contributed by atoms with Crippen LogP contribution in [-0.2, 0) is 16.0 Å². The fraction of sp³-hybridized carbons (Fsp3) is 0.455. The van der Waals surface area contributed by atoms with Gasteiger partial charge in [-0.05, 0) is 106 Å². The molecule has 1 aliphatic heterocycles. The Morgan fingerprint density at radius 3 is 2.40 bits per heavy atom. The molecular formula is C33H38F2N2O5. The highest BCUT2D eigenvalue weighted by atomic mass is 19.3. The minimum atomic E-state index is -2.56. The van der Waals surface area contributed by atoms with Crippen LogP contribution in [0.25, 0.3) is 10.9 Å². The number of rotatable bonds is 5. The van der Waals surface area contributed by atoms with E-state index in [2.05, 4.69) is 0 Å². The second kappa shape index (κ2) is 11.2. The largest absolute Gasteiger partial charge is 0.496 e. The van der Waals surface area contributed by atoms with Crippen molar-refractivity contribution < 1.29 is 38.1 Å². The molecular weight excluding hydrogens is 542 g/mol. The van der Waals surface area contributed by atoms with Crippen LogP contribution in [0.5, 0.6) is 5.75 Å². The number of fused-ring (bicyclic) bond motifs is 1. The van der Waals surface area contributed by atoms with Gasteiger partial charge in [0.05, 0.1) is 25.3 Å². The lowest BCUT2D eigenvalue weighted by Crippen LogP contribution is -2.46. The minimum Gasteiger partial charge on any atom is -0.496 e. The number of allylic oxidation sites excluding steroid dienone is 1. The number of hydrogen-bond acceptors (Lipinski definition) is 6. The van der Waals surface area contributed by atoms with Crippen molar-refractivity contribution in [2.75, 3.05) is 20.8 Å². The summed E-state index contributed by atoms with van der Waals surface area (Å²) in [5, 5.41) is 0.738. The van der Waals surface area contributed by atoms with Gasteiger partial charge in [0.1, 0.15) is 11.4 Å². The molecule has 5 rings (SSSR count). The lowest BCUT2D eigenvalue weighted by Gasteiger charge is -2.52. The number of aryl methyl sites for hydroxylation is 1. The van der Waals surface area contributed by atoms with Crippen LogP contribution in [0.15, 0.2) is 54.2 Å². The third-order valence-electron chi connectivity index (χ3n) is 7.84. The third kappa shape index (κ3) is 5.67. The number of halogens is 2. The molecule has 1 saturated heterocycles. The van der Waals surface area contributed by atoms with Gasteiger partial charge in [-0.1, -0.05) is 12.1 Å². The second-order valence-corrected chi connectivity index (χ2v) is 11.8. The van der Waals surface area contributed by atoms with Crippen LogP contribution in [0.4, 0.5) is 13.6 Å². The summed E-state index contributed by atoms with van der Waals surface area (Å²) in [6, 6.07) is 9.55. The van der Waals surface area contributed by atoms with Gasteiger partial charge in [0.15, 0.2) is 0 Å². The summed E-state index contributed by atoms with van der Waals surface area (Å²) < 4.78 is 80.0. The molecule has 1 aromatic heterocycles. The van der Waals surface area contributed by atoms with Crippen LogP contribution in [0.1, 0.15) is 84.9 Å². The minimum absolute atomic E-state index is 0.0171. The summed E-state index contributed by atoms with van der Waals surface area (Å²) in [5.41, 5.74) is -0.411. The zero-order chi connectivity index (χ0) is 34.0. The van der Waals surface area contributed by atoms with E-state index in [0.717, 1.165) is 16.5 Å². The van der Waals surface area contributed by atoms with Crippen LogP contribution in [0.2, 0.25) is 0 Å². The Kier molecular flexibility index (Phi) is 6.61. The summed E-state index contributed by atoms with van der Waals surface area (Å²) in [6.07, 6.45) is -6.48. The van der Waals surface area contributed by atoms with Gasteiger partial charge < -0.3 is 14.2 Å². The maximum absolute atomic E-state index is 13.9. The summed E-state index contributed by atoms with van der Waals surface area (Å²) in [4.78, 5) is 27.3. The van der Waals surface area contributed by atoms with Gasteiger partial charge >= 0.3 is 12.1 Å². The van der Waals surface area contributed by atoms with E-state index in [1.54, 1.807) is 64.4 Å². The Bertz CT molecular complexity index is 1710. The van der Waals surface area contributed by atoms with Gasteiger partial charge in [0, 0.05) is 35.2 Å². The van der Waals surface area contributed by atoms with E-state index in [1.807, 2.05) is 17.9 Å². The van der Waals surface area contributed by atoms with Crippen LogP contribution in [-0.4, -0.2) is 47.9 Å². The molecule has 0 amide bonds. The number of carbonyl (C=O) groups excluding carboxylic acids is 2. The van der Waals surface area contributed by atoms with E-state index in [9.17, 15) is 18.4 Å². The number of nitrogens with zero attached hydrogens (tertiary/aromatic N) is 2. The smallest absolute Gasteiger partial charge is 0.419 e. The SMILES string of the molecule is [2H]C1([2H])C(=C(F)F)C([2H])([2H])C12CCN(Cc1c(OC)cc(C)c3c1ccn3C(=O)OC(C)(C)C)[C@H](c1ccc(C(=O)OC)cc1)C2. The topological polar surface area (TPSA) is 70.0 Å². The highest BCUT2D eigenvalue weighted by molar-refractivity contribution is 5.95. The van der Waals surface area contributed by atoms with E-state index >= 15 is 0 Å². The van der Waals surface area contributed by atoms with E-state index in [-0.39, 0.29) is 25.9 Å². The van der Waals surface area contributed by atoms with Crippen molar-refractivity contribution in [1.29, 1.82) is 0 Å². The van der Waals surface area contributed by atoms with Crippen molar-refractivity contribution in [1.82, 2.24) is 9.47 Å². The van der Waals surface area contributed by atoms with Crippen LogP contribution in [0.3, 0.4) is 0 Å². The fourth-order valence-corrected chi connectivity index (χ4v) is 5.90. The molecule has 0 unspecified atom stereocenters. The average Bonchev–Trinajstić information content (AvgIpc) is 3.43. The van der Waals surface area contributed by atoms with Crippen molar-refractivity contribution in [3.05, 3.63) is 76.5 Å². The molecule has 0 radical (unpaired) electrons. The first-order valence-electron chi connectivity index (χ1n) is 15.8.